The minimum absolute atomic E-state index is 0.271. The zero-order chi connectivity index (χ0) is 13.8. The average Bonchev–Trinajstić information content (AvgIpc) is 2.83. The van der Waals surface area contributed by atoms with Gasteiger partial charge in [-0.3, -0.25) is 0 Å². The highest BCUT2D eigenvalue weighted by Gasteiger charge is 2.25. The minimum atomic E-state index is -0.752. The zero-order valence-electron chi connectivity index (χ0n) is 11.6. The first-order chi connectivity index (χ1) is 9.10. The van der Waals surface area contributed by atoms with Crippen LogP contribution in [0.5, 0.6) is 0 Å². The molecule has 1 unspecified atom stereocenters. The predicted molar refractivity (Wildman–Crippen MR) is 70.5 cm³/mol. The number of hydrogen-bond donors (Lipinski definition) is 2. The van der Waals surface area contributed by atoms with Gasteiger partial charge in [-0.1, -0.05) is 5.16 Å². The molecule has 0 amide bonds. The van der Waals surface area contributed by atoms with E-state index in [0.717, 1.165) is 26.1 Å². The van der Waals surface area contributed by atoms with Crippen molar-refractivity contribution in [2.45, 2.75) is 25.0 Å². The number of hydrogen-bond acceptors (Lipinski definition) is 7. The van der Waals surface area contributed by atoms with Crippen LogP contribution in [0.4, 0.5) is 0 Å². The lowest BCUT2D eigenvalue weighted by molar-refractivity contribution is 0.112. The number of piperazine rings is 1. The van der Waals surface area contributed by atoms with Crippen LogP contribution in [-0.2, 0) is 6.42 Å². The molecule has 7 heteroatoms. The fraction of sp³-hybridized carbons (Fsp3) is 0.833. The number of aliphatic hydroxyl groups is 1. The Morgan fingerprint density at radius 2 is 2.26 bits per heavy atom. The second-order valence-electron chi connectivity index (χ2n) is 5.24. The van der Waals surface area contributed by atoms with Crippen LogP contribution in [0.25, 0.3) is 0 Å². The molecule has 0 saturated carbocycles. The molecular formula is C12H23N5O2. The molecule has 0 bridgehead atoms. The van der Waals surface area contributed by atoms with Crippen LogP contribution in [0.1, 0.15) is 24.2 Å². The summed E-state index contributed by atoms with van der Waals surface area (Å²) in [5.74, 6) is 0.922. The molecule has 2 atom stereocenters. The summed E-state index contributed by atoms with van der Waals surface area (Å²) in [6, 6.07) is 0.385. The van der Waals surface area contributed by atoms with Crippen molar-refractivity contribution in [1.29, 1.82) is 0 Å². The lowest BCUT2D eigenvalue weighted by Crippen LogP contribution is -2.50. The number of rotatable bonds is 5. The first-order valence-electron chi connectivity index (χ1n) is 6.69. The van der Waals surface area contributed by atoms with Crippen molar-refractivity contribution >= 4 is 0 Å². The Morgan fingerprint density at radius 1 is 1.47 bits per heavy atom. The number of nitrogens with two attached hydrogens (primary N) is 1. The van der Waals surface area contributed by atoms with Gasteiger partial charge in [0.2, 0.25) is 0 Å². The van der Waals surface area contributed by atoms with E-state index >= 15 is 0 Å². The van der Waals surface area contributed by atoms with Gasteiger partial charge < -0.3 is 25.2 Å². The molecule has 3 N–H and O–H groups in total. The molecule has 1 aromatic rings. The molecule has 108 valence electrons. The largest absolute Gasteiger partial charge is 0.383 e. The van der Waals surface area contributed by atoms with Gasteiger partial charge in [0.05, 0.1) is 0 Å². The highest BCUT2D eigenvalue weighted by atomic mass is 16.5. The molecule has 19 heavy (non-hydrogen) atoms. The summed E-state index contributed by atoms with van der Waals surface area (Å²) in [7, 11) is 4.23. The maximum atomic E-state index is 9.74. The van der Waals surface area contributed by atoms with Gasteiger partial charge in [0, 0.05) is 32.1 Å². The molecule has 0 aliphatic carbocycles. The van der Waals surface area contributed by atoms with Crippen LogP contribution in [-0.4, -0.2) is 71.4 Å². The standard InChI is InChI=1S/C12H23N5O2/c1-16-5-6-17(2)9(8-16)7-11-14-12(19-15-11)10(18)3-4-13/h9-10,18H,3-8,13H2,1-2H3/t9?,10-/m0/s1. The quantitative estimate of drug-likeness (QED) is 0.726. The molecule has 7 nitrogen and oxygen atoms in total. The van der Waals surface area contributed by atoms with Gasteiger partial charge in [-0.05, 0) is 27.1 Å². The van der Waals surface area contributed by atoms with Gasteiger partial charge in [0.15, 0.2) is 5.82 Å². The van der Waals surface area contributed by atoms with Crippen molar-refractivity contribution < 1.29 is 9.63 Å². The number of likely N-dealkylation sites (N-methyl/N-ethyl adjacent to an activating group) is 2. The topological polar surface area (TPSA) is 91.7 Å². The van der Waals surface area contributed by atoms with E-state index < -0.39 is 6.10 Å². The van der Waals surface area contributed by atoms with E-state index in [9.17, 15) is 5.11 Å². The molecule has 1 fully saturated rings. The van der Waals surface area contributed by atoms with E-state index in [-0.39, 0.29) is 5.89 Å². The van der Waals surface area contributed by atoms with Crippen LogP contribution in [0.2, 0.25) is 0 Å². The molecule has 0 aromatic carbocycles. The first kappa shape index (κ1) is 14.4. The highest BCUT2D eigenvalue weighted by Crippen LogP contribution is 2.15. The van der Waals surface area contributed by atoms with Crippen molar-refractivity contribution in [2.75, 3.05) is 40.3 Å². The third kappa shape index (κ3) is 3.73. The molecule has 2 rings (SSSR count). The molecule has 0 spiro atoms. The highest BCUT2D eigenvalue weighted by molar-refractivity contribution is 4.94. The Balaban J connectivity index is 1.95. The summed E-state index contributed by atoms with van der Waals surface area (Å²) in [5.41, 5.74) is 5.39. The zero-order valence-corrected chi connectivity index (χ0v) is 11.6. The number of aliphatic hydroxyl groups excluding tert-OH is 1. The van der Waals surface area contributed by atoms with Crippen LogP contribution in [0.15, 0.2) is 4.52 Å². The Morgan fingerprint density at radius 3 is 3.00 bits per heavy atom. The SMILES string of the molecule is CN1CCN(C)C(Cc2noc([C@@H](O)CCN)n2)C1. The maximum Gasteiger partial charge on any atom is 0.255 e. The predicted octanol–water partition coefficient (Wildman–Crippen LogP) is -0.760. The van der Waals surface area contributed by atoms with Gasteiger partial charge in [-0.2, -0.15) is 4.98 Å². The van der Waals surface area contributed by atoms with Gasteiger partial charge in [-0.25, -0.2) is 0 Å². The van der Waals surface area contributed by atoms with Gasteiger partial charge in [-0.15, -0.1) is 0 Å². The molecular weight excluding hydrogens is 246 g/mol. The Kier molecular flexibility index (Phi) is 4.87. The third-order valence-electron chi connectivity index (χ3n) is 3.61. The smallest absolute Gasteiger partial charge is 0.255 e. The Bertz CT molecular complexity index is 397. The van der Waals surface area contributed by atoms with Crippen molar-refractivity contribution in [3.8, 4) is 0 Å². The normalized spacial score (nSPS) is 23.7. The fourth-order valence-electron chi connectivity index (χ4n) is 2.30. The van der Waals surface area contributed by atoms with Crippen molar-refractivity contribution in [3.05, 3.63) is 11.7 Å². The molecule has 0 radical (unpaired) electrons. The lowest BCUT2D eigenvalue weighted by atomic mass is 10.1. The van der Waals surface area contributed by atoms with E-state index in [0.29, 0.717) is 24.8 Å². The van der Waals surface area contributed by atoms with Crippen molar-refractivity contribution in [3.63, 3.8) is 0 Å². The fourth-order valence-corrected chi connectivity index (χ4v) is 2.30. The Labute approximate surface area is 113 Å². The van der Waals surface area contributed by atoms with E-state index in [1.54, 1.807) is 0 Å². The molecule has 1 aromatic heterocycles. The average molecular weight is 269 g/mol. The molecule has 1 aliphatic rings. The summed E-state index contributed by atoms with van der Waals surface area (Å²) in [6.07, 6.45) is 0.422. The van der Waals surface area contributed by atoms with Crippen LogP contribution < -0.4 is 5.73 Å². The van der Waals surface area contributed by atoms with Gasteiger partial charge in [0.1, 0.15) is 6.10 Å². The minimum Gasteiger partial charge on any atom is -0.383 e. The molecule has 1 saturated heterocycles. The second-order valence-corrected chi connectivity index (χ2v) is 5.24. The van der Waals surface area contributed by atoms with E-state index in [1.165, 1.54) is 0 Å². The summed E-state index contributed by atoms with van der Waals surface area (Å²) in [6.45, 7) is 3.52. The lowest BCUT2D eigenvalue weighted by Gasteiger charge is -2.37. The van der Waals surface area contributed by atoms with Gasteiger partial charge >= 0.3 is 0 Å². The van der Waals surface area contributed by atoms with Gasteiger partial charge in [0.25, 0.3) is 5.89 Å². The first-order valence-corrected chi connectivity index (χ1v) is 6.69. The van der Waals surface area contributed by atoms with Crippen molar-refractivity contribution in [2.24, 2.45) is 5.73 Å². The van der Waals surface area contributed by atoms with E-state index in [2.05, 4.69) is 34.0 Å². The number of aromatic nitrogens is 2. The van der Waals surface area contributed by atoms with E-state index in [4.69, 9.17) is 10.3 Å². The monoisotopic (exact) mass is 269 g/mol. The summed E-state index contributed by atoms with van der Waals surface area (Å²) in [4.78, 5) is 8.87. The van der Waals surface area contributed by atoms with Crippen molar-refractivity contribution in [1.82, 2.24) is 19.9 Å². The summed E-state index contributed by atoms with van der Waals surface area (Å²) >= 11 is 0. The molecule has 2 heterocycles. The van der Waals surface area contributed by atoms with Crippen LogP contribution >= 0.6 is 0 Å². The summed E-state index contributed by atoms with van der Waals surface area (Å²) in [5, 5.41) is 13.7. The summed E-state index contributed by atoms with van der Waals surface area (Å²) < 4.78 is 5.08. The van der Waals surface area contributed by atoms with E-state index in [1.807, 2.05) is 0 Å². The van der Waals surface area contributed by atoms with Crippen LogP contribution in [0, 0.1) is 0 Å². The number of nitrogens with zero attached hydrogens (tertiary/aromatic N) is 4. The second kappa shape index (κ2) is 6.42. The van der Waals surface area contributed by atoms with Crippen LogP contribution in [0.3, 0.4) is 0 Å². The molecule has 1 aliphatic heterocycles. The maximum absolute atomic E-state index is 9.74. The Hall–Kier alpha value is -1.02. The third-order valence-corrected chi connectivity index (χ3v) is 3.61.